The maximum Gasteiger partial charge on any atom is 0.159 e. The van der Waals surface area contributed by atoms with Gasteiger partial charge < -0.3 is 4.74 Å². The molecule has 0 radical (unpaired) electrons. The quantitative estimate of drug-likeness (QED) is 0.174. The van der Waals surface area contributed by atoms with Gasteiger partial charge in [-0.3, -0.25) is 0 Å². The standard InChI is InChI=1S/C30H46F2N2O/c1-3-5-7-8-9-10-11-12-14-15-25-17-19-26(20-18-25)30-33-22-29(23-34-30)35-24-28(32)21-27(31)16-13-6-4-2/h17-20,22-23,27-28H,3-16,21,24H2,1-2H3. The molecule has 2 aromatic rings. The van der Waals surface area contributed by atoms with Crippen LogP contribution >= 0.6 is 0 Å². The molecular weight excluding hydrogens is 442 g/mol. The first-order valence-corrected chi connectivity index (χ1v) is 13.9. The van der Waals surface area contributed by atoms with E-state index in [4.69, 9.17) is 4.74 Å². The van der Waals surface area contributed by atoms with Crippen molar-refractivity contribution in [2.75, 3.05) is 6.61 Å². The smallest absolute Gasteiger partial charge is 0.159 e. The van der Waals surface area contributed by atoms with Gasteiger partial charge in [-0.15, -0.1) is 0 Å². The van der Waals surface area contributed by atoms with Crippen molar-refractivity contribution in [2.24, 2.45) is 0 Å². The van der Waals surface area contributed by atoms with Crippen molar-refractivity contribution in [1.82, 2.24) is 9.97 Å². The highest BCUT2D eigenvalue weighted by atomic mass is 19.1. The predicted molar refractivity (Wildman–Crippen MR) is 142 cm³/mol. The summed E-state index contributed by atoms with van der Waals surface area (Å²) in [7, 11) is 0. The first-order chi connectivity index (χ1) is 17.1. The third-order valence-electron chi connectivity index (χ3n) is 6.47. The molecule has 5 heteroatoms. The number of aryl methyl sites for hydroxylation is 1. The van der Waals surface area contributed by atoms with Gasteiger partial charge in [0.2, 0.25) is 0 Å². The molecule has 2 atom stereocenters. The van der Waals surface area contributed by atoms with Crippen LogP contribution in [0.15, 0.2) is 36.7 Å². The van der Waals surface area contributed by atoms with Crippen molar-refractivity contribution < 1.29 is 13.5 Å². The Labute approximate surface area is 212 Å². The summed E-state index contributed by atoms with van der Waals surface area (Å²) in [5.41, 5.74) is 2.29. The Bertz CT molecular complexity index is 767. The average Bonchev–Trinajstić information content (AvgIpc) is 2.87. The first kappa shape index (κ1) is 29.2. The fourth-order valence-corrected chi connectivity index (χ4v) is 4.27. The Hall–Kier alpha value is -2.04. The van der Waals surface area contributed by atoms with Gasteiger partial charge in [-0.25, -0.2) is 18.7 Å². The largest absolute Gasteiger partial charge is 0.487 e. The van der Waals surface area contributed by atoms with Crippen molar-refractivity contribution in [3.63, 3.8) is 0 Å². The van der Waals surface area contributed by atoms with Crippen LogP contribution in [-0.2, 0) is 6.42 Å². The van der Waals surface area contributed by atoms with Gasteiger partial charge in [-0.2, -0.15) is 0 Å². The van der Waals surface area contributed by atoms with E-state index in [9.17, 15) is 8.78 Å². The van der Waals surface area contributed by atoms with Crippen molar-refractivity contribution in [1.29, 1.82) is 0 Å². The first-order valence-electron chi connectivity index (χ1n) is 13.9. The molecule has 0 aliphatic carbocycles. The van der Waals surface area contributed by atoms with Crippen LogP contribution in [0.5, 0.6) is 5.75 Å². The molecule has 35 heavy (non-hydrogen) atoms. The van der Waals surface area contributed by atoms with Crippen LogP contribution in [0.1, 0.15) is 109 Å². The number of hydrogen-bond donors (Lipinski definition) is 0. The number of benzene rings is 1. The van der Waals surface area contributed by atoms with Gasteiger partial charge in [0, 0.05) is 12.0 Å². The number of unbranched alkanes of at least 4 members (excludes halogenated alkanes) is 10. The number of nitrogens with zero attached hydrogens (tertiary/aromatic N) is 2. The lowest BCUT2D eigenvalue weighted by atomic mass is 10.0. The van der Waals surface area contributed by atoms with Gasteiger partial charge in [0.25, 0.3) is 0 Å². The fourth-order valence-electron chi connectivity index (χ4n) is 4.27. The third kappa shape index (κ3) is 13.0. The zero-order valence-corrected chi connectivity index (χ0v) is 22.0. The van der Waals surface area contributed by atoms with E-state index in [1.54, 1.807) is 12.4 Å². The molecule has 0 N–H and O–H groups in total. The van der Waals surface area contributed by atoms with Crippen LogP contribution in [0, 0.1) is 0 Å². The fraction of sp³-hybridized carbons (Fsp3) is 0.667. The Morgan fingerprint density at radius 1 is 0.714 bits per heavy atom. The lowest BCUT2D eigenvalue weighted by Gasteiger charge is -2.13. The SMILES string of the molecule is CCCCCCCCCCCc1ccc(-c2ncc(OCC(F)CC(F)CCCCC)cn2)cc1. The molecule has 0 fully saturated rings. The summed E-state index contributed by atoms with van der Waals surface area (Å²) in [6.45, 7) is 4.15. The van der Waals surface area contributed by atoms with Gasteiger partial charge in [0.1, 0.15) is 19.0 Å². The maximum atomic E-state index is 14.0. The second-order valence-corrected chi connectivity index (χ2v) is 9.75. The second-order valence-electron chi connectivity index (χ2n) is 9.75. The van der Waals surface area contributed by atoms with E-state index in [-0.39, 0.29) is 13.0 Å². The zero-order valence-electron chi connectivity index (χ0n) is 22.0. The Morgan fingerprint density at radius 3 is 1.91 bits per heavy atom. The van der Waals surface area contributed by atoms with E-state index in [2.05, 4.69) is 48.1 Å². The molecule has 196 valence electrons. The molecule has 0 aliphatic rings. The van der Waals surface area contributed by atoms with Crippen molar-refractivity contribution in [3.05, 3.63) is 42.2 Å². The maximum absolute atomic E-state index is 14.0. The molecule has 1 aromatic heterocycles. The number of aromatic nitrogens is 2. The molecule has 0 amide bonds. The highest BCUT2D eigenvalue weighted by Gasteiger charge is 2.16. The molecule has 0 spiro atoms. The molecule has 0 aliphatic heterocycles. The van der Waals surface area contributed by atoms with Gasteiger partial charge in [0.15, 0.2) is 11.6 Å². The Morgan fingerprint density at radius 2 is 1.29 bits per heavy atom. The number of rotatable bonds is 20. The number of ether oxygens (including phenoxy) is 1. The Balaban J connectivity index is 1.65. The van der Waals surface area contributed by atoms with Crippen LogP contribution in [0.4, 0.5) is 8.78 Å². The van der Waals surface area contributed by atoms with Gasteiger partial charge in [-0.1, -0.05) is 109 Å². The summed E-state index contributed by atoms with van der Waals surface area (Å²) in [5, 5.41) is 0. The minimum absolute atomic E-state index is 0.117. The molecule has 2 rings (SSSR count). The molecule has 1 heterocycles. The van der Waals surface area contributed by atoms with Crippen LogP contribution in [0.3, 0.4) is 0 Å². The lowest BCUT2D eigenvalue weighted by molar-refractivity contribution is 0.146. The highest BCUT2D eigenvalue weighted by molar-refractivity contribution is 5.55. The summed E-state index contributed by atoms with van der Waals surface area (Å²) in [6, 6.07) is 8.40. The van der Waals surface area contributed by atoms with Gasteiger partial charge in [0.05, 0.1) is 12.4 Å². The van der Waals surface area contributed by atoms with Crippen molar-refractivity contribution >= 4 is 0 Å². The molecule has 3 nitrogen and oxygen atoms in total. The van der Waals surface area contributed by atoms with E-state index in [1.165, 1.54) is 63.4 Å². The van der Waals surface area contributed by atoms with Crippen molar-refractivity contribution in [2.45, 2.75) is 123 Å². The number of hydrogen-bond acceptors (Lipinski definition) is 3. The highest BCUT2D eigenvalue weighted by Crippen LogP contribution is 2.20. The van der Waals surface area contributed by atoms with Crippen LogP contribution in [0.25, 0.3) is 11.4 Å². The van der Waals surface area contributed by atoms with E-state index in [1.807, 2.05) is 0 Å². The van der Waals surface area contributed by atoms with E-state index >= 15 is 0 Å². The summed E-state index contributed by atoms with van der Waals surface area (Å²) in [5.74, 6) is 1.02. The lowest BCUT2D eigenvalue weighted by Crippen LogP contribution is -2.18. The number of alkyl halides is 2. The summed E-state index contributed by atoms with van der Waals surface area (Å²) in [4.78, 5) is 8.71. The van der Waals surface area contributed by atoms with Gasteiger partial charge in [-0.05, 0) is 24.8 Å². The topological polar surface area (TPSA) is 35.0 Å². The molecule has 1 aromatic carbocycles. The normalized spacial score (nSPS) is 13.0. The molecule has 0 saturated carbocycles. The summed E-state index contributed by atoms with van der Waals surface area (Å²) in [6.07, 6.45) is 17.0. The zero-order chi connectivity index (χ0) is 25.1. The summed E-state index contributed by atoms with van der Waals surface area (Å²) < 4.78 is 33.3. The number of halogens is 2. The minimum atomic E-state index is -1.33. The van der Waals surface area contributed by atoms with Crippen LogP contribution in [0.2, 0.25) is 0 Å². The second kappa shape index (κ2) is 18.3. The molecule has 2 unspecified atom stereocenters. The Kier molecular flexibility index (Phi) is 15.2. The van der Waals surface area contributed by atoms with E-state index < -0.39 is 12.3 Å². The monoisotopic (exact) mass is 488 g/mol. The molecule has 0 bridgehead atoms. The third-order valence-corrected chi connectivity index (χ3v) is 6.47. The van der Waals surface area contributed by atoms with E-state index in [0.717, 1.165) is 31.2 Å². The van der Waals surface area contributed by atoms with Crippen molar-refractivity contribution in [3.8, 4) is 17.1 Å². The molecule has 0 saturated heterocycles. The van der Waals surface area contributed by atoms with Crippen LogP contribution in [-0.4, -0.2) is 28.9 Å². The average molecular weight is 489 g/mol. The molecular formula is C30H46F2N2O. The van der Waals surface area contributed by atoms with Crippen LogP contribution < -0.4 is 4.74 Å². The summed E-state index contributed by atoms with van der Waals surface area (Å²) >= 11 is 0. The minimum Gasteiger partial charge on any atom is -0.487 e. The van der Waals surface area contributed by atoms with Gasteiger partial charge >= 0.3 is 0 Å². The predicted octanol–water partition coefficient (Wildman–Crippen LogP) is 9.24. The van der Waals surface area contributed by atoms with E-state index in [0.29, 0.717) is 18.0 Å².